The van der Waals surface area contributed by atoms with E-state index in [0.29, 0.717) is 6.42 Å². The van der Waals surface area contributed by atoms with Gasteiger partial charge in [0.25, 0.3) is 0 Å². The number of rotatable bonds is 5. The van der Waals surface area contributed by atoms with Crippen molar-refractivity contribution in [3.8, 4) is 0 Å². The molecule has 1 atom stereocenters. The van der Waals surface area contributed by atoms with Gasteiger partial charge in [-0.3, -0.25) is 0 Å². The van der Waals surface area contributed by atoms with Gasteiger partial charge in [0.2, 0.25) is 0 Å². The lowest BCUT2D eigenvalue weighted by atomic mass is 10.1. The van der Waals surface area contributed by atoms with Crippen LogP contribution in [0.2, 0.25) is 0 Å². The number of aliphatic carboxylic acids is 1. The smallest absolute Gasteiger partial charge is 0.326 e. The summed E-state index contributed by atoms with van der Waals surface area (Å²) in [7, 11) is 0. The number of hydrogen-bond acceptors (Lipinski definition) is 2. The quantitative estimate of drug-likeness (QED) is 0.803. The van der Waals surface area contributed by atoms with Gasteiger partial charge in [0.1, 0.15) is 6.04 Å². The van der Waals surface area contributed by atoms with Crippen LogP contribution in [0.15, 0.2) is 18.2 Å². The third-order valence-electron chi connectivity index (χ3n) is 2.60. The van der Waals surface area contributed by atoms with Crippen LogP contribution in [0.5, 0.6) is 0 Å². The van der Waals surface area contributed by atoms with E-state index in [1.54, 1.807) is 0 Å². The monoisotopic (exact) mass is 221 g/mol. The second-order valence-electron chi connectivity index (χ2n) is 4.14. The molecule has 2 N–H and O–H groups in total. The molecule has 0 fully saturated rings. The minimum atomic E-state index is -0.789. The van der Waals surface area contributed by atoms with Crippen LogP contribution in [-0.2, 0) is 4.79 Å². The molecule has 0 radical (unpaired) electrons. The molecular formula is C13H19NO2. The van der Waals surface area contributed by atoms with E-state index in [2.05, 4.69) is 5.32 Å². The number of anilines is 1. The Morgan fingerprint density at radius 2 is 2.12 bits per heavy atom. The van der Waals surface area contributed by atoms with E-state index in [0.717, 1.165) is 23.2 Å². The lowest BCUT2D eigenvalue weighted by Crippen LogP contribution is -2.29. The van der Waals surface area contributed by atoms with E-state index in [9.17, 15) is 4.79 Å². The first-order valence-electron chi connectivity index (χ1n) is 5.61. The molecule has 1 aromatic carbocycles. The van der Waals surface area contributed by atoms with Crippen molar-refractivity contribution in [3.05, 3.63) is 29.3 Å². The van der Waals surface area contributed by atoms with Crippen LogP contribution in [0.25, 0.3) is 0 Å². The topological polar surface area (TPSA) is 49.3 Å². The molecule has 1 rings (SSSR count). The minimum absolute atomic E-state index is 0.495. The fourth-order valence-electron chi connectivity index (χ4n) is 1.63. The summed E-state index contributed by atoms with van der Waals surface area (Å²) in [5.41, 5.74) is 3.13. The first-order valence-corrected chi connectivity index (χ1v) is 5.61. The van der Waals surface area contributed by atoms with Crippen LogP contribution < -0.4 is 5.32 Å². The van der Waals surface area contributed by atoms with E-state index >= 15 is 0 Å². The number of hydrogen-bond donors (Lipinski definition) is 2. The van der Waals surface area contributed by atoms with Gasteiger partial charge in [-0.25, -0.2) is 4.79 Å². The van der Waals surface area contributed by atoms with Crippen LogP contribution in [0.4, 0.5) is 5.69 Å². The molecule has 1 aromatic rings. The molecule has 0 aliphatic rings. The lowest BCUT2D eigenvalue weighted by molar-refractivity contribution is -0.138. The molecular weight excluding hydrogens is 202 g/mol. The Morgan fingerprint density at radius 1 is 1.44 bits per heavy atom. The molecule has 0 unspecified atom stereocenters. The highest BCUT2D eigenvalue weighted by Crippen LogP contribution is 2.18. The molecule has 0 amide bonds. The summed E-state index contributed by atoms with van der Waals surface area (Å²) in [6, 6.07) is 5.52. The molecule has 3 nitrogen and oxygen atoms in total. The van der Waals surface area contributed by atoms with Gasteiger partial charge < -0.3 is 10.4 Å². The van der Waals surface area contributed by atoms with Crippen LogP contribution in [0, 0.1) is 13.8 Å². The fourth-order valence-corrected chi connectivity index (χ4v) is 1.63. The SMILES string of the molecule is CCC[C@H](Nc1cc(C)ccc1C)C(=O)O. The molecule has 0 bridgehead atoms. The van der Waals surface area contributed by atoms with Crippen LogP contribution >= 0.6 is 0 Å². The molecule has 0 saturated carbocycles. The van der Waals surface area contributed by atoms with Crippen molar-refractivity contribution in [1.82, 2.24) is 0 Å². The summed E-state index contributed by atoms with van der Waals surface area (Å²) in [6.45, 7) is 5.97. The zero-order valence-electron chi connectivity index (χ0n) is 10.1. The Kier molecular flexibility index (Phi) is 4.35. The second kappa shape index (κ2) is 5.54. The molecule has 16 heavy (non-hydrogen) atoms. The summed E-state index contributed by atoms with van der Waals surface area (Å²) in [4.78, 5) is 11.0. The summed E-state index contributed by atoms with van der Waals surface area (Å²) in [5, 5.41) is 12.2. The molecule has 0 heterocycles. The van der Waals surface area contributed by atoms with E-state index in [1.165, 1.54) is 0 Å². The van der Waals surface area contributed by atoms with Crippen molar-refractivity contribution < 1.29 is 9.90 Å². The highest BCUT2D eigenvalue weighted by atomic mass is 16.4. The number of nitrogens with one attached hydrogen (secondary N) is 1. The first-order chi connectivity index (χ1) is 7.54. The van der Waals surface area contributed by atoms with Gasteiger partial charge in [-0.05, 0) is 37.5 Å². The third-order valence-corrected chi connectivity index (χ3v) is 2.60. The highest BCUT2D eigenvalue weighted by Gasteiger charge is 2.16. The standard InChI is InChI=1S/C13H19NO2/c1-4-5-11(13(15)16)14-12-8-9(2)6-7-10(12)3/h6-8,11,14H,4-5H2,1-3H3,(H,15,16)/t11-/m0/s1. The maximum absolute atomic E-state index is 11.0. The summed E-state index contributed by atoms with van der Waals surface area (Å²) < 4.78 is 0. The Bertz CT molecular complexity index is 374. The van der Waals surface area contributed by atoms with Crippen molar-refractivity contribution in [2.24, 2.45) is 0 Å². The number of benzene rings is 1. The van der Waals surface area contributed by atoms with Crippen molar-refractivity contribution >= 4 is 11.7 Å². The largest absolute Gasteiger partial charge is 0.480 e. The van der Waals surface area contributed by atoms with Gasteiger partial charge >= 0.3 is 5.97 Å². The van der Waals surface area contributed by atoms with Crippen molar-refractivity contribution in [2.75, 3.05) is 5.32 Å². The van der Waals surface area contributed by atoms with E-state index in [4.69, 9.17) is 5.11 Å². The summed E-state index contributed by atoms with van der Waals surface area (Å²) in [5.74, 6) is -0.789. The predicted octanol–water partition coefficient (Wildman–Crippen LogP) is 2.97. The molecule has 3 heteroatoms. The minimum Gasteiger partial charge on any atom is -0.480 e. The lowest BCUT2D eigenvalue weighted by Gasteiger charge is -2.17. The number of aryl methyl sites for hydroxylation is 2. The average molecular weight is 221 g/mol. The van der Waals surface area contributed by atoms with Crippen LogP contribution in [0.3, 0.4) is 0 Å². The zero-order valence-corrected chi connectivity index (χ0v) is 10.1. The van der Waals surface area contributed by atoms with Gasteiger partial charge in [-0.1, -0.05) is 25.5 Å². The van der Waals surface area contributed by atoms with Gasteiger partial charge in [0.05, 0.1) is 0 Å². The molecule has 0 aromatic heterocycles. The Labute approximate surface area is 96.5 Å². The molecule has 88 valence electrons. The molecule has 0 saturated heterocycles. The Balaban J connectivity index is 2.84. The summed E-state index contributed by atoms with van der Waals surface area (Å²) >= 11 is 0. The van der Waals surface area contributed by atoms with E-state index < -0.39 is 12.0 Å². The zero-order chi connectivity index (χ0) is 12.1. The Morgan fingerprint density at radius 3 is 2.69 bits per heavy atom. The van der Waals surface area contributed by atoms with Crippen molar-refractivity contribution in [1.29, 1.82) is 0 Å². The predicted molar refractivity (Wildman–Crippen MR) is 65.9 cm³/mol. The van der Waals surface area contributed by atoms with Crippen LogP contribution in [-0.4, -0.2) is 17.1 Å². The number of carboxylic acids is 1. The van der Waals surface area contributed by atoms with Gasteiger partial charge in [-0.15, -0.1) is 0 Å². The van der Waals surface area contributed by atoms with Gasteiger partial charge in [0, 0.05) is 5.69 Å². The van der Waals surface area contributed by atoms with Gasteiger partial charge in [-0.2, -0.15) is 0 Å². The number of carboxylic acid groups (broad SMARTS) is 1. The third kappa shape index (κ3) is 3.26. The highest BCUT2D eigenvalue weighted by molar-refractivity contribution is 5.77. The van der Waals surface area contributed by atoms with Gasteiger partial charge in [0.15, 0.2) is 0 Å². The number of carbonyl (C=O) groups is 1. The molecule has 0 aliphatic carbocycles. The van der Waals surface area contributed by atoms with Crippen molar-refractivity contribution in [3.63, 3.8) is 0 Å². The fraction of sp³-hybridized carbons (Fsp3) is 0.462. The maximum Gasteiger partial charge on any atom is 0.326 e. The van der Waals surface area contributed by atoms with E-state index in [-0.39, 0.29) is 0 Å². The maximum atomic E-state index is 11.0. The second-order valence-corrected chi connectivity index (χ2v) is 4.14. The van der Waals surface area contributed by atoms with Crippen LogP contribution in [0.1, 0.15) is 30.9 Å². The normalized spacial score (nSPS) is 12.2. The van der Waals surface area contributed by atoms with E-state index in [1.807, 2.05) is 39.0 Å². The molecule has 0 aliphatic heterocycles. The van der Waals surface area contributed by atoms with Crippen molar-refractivity contribution in [2.45, 2.75) is 39.7 Å². The first kappa shape index (κ1) is 12.6. The average Bonchev–Trinajstić information content (AvgIpc) is 2.22. The summed E-state index contributed by atoms with van der Waals surface area (Å²) in [6.07, 6.45) is 1.50. The molecule has 0 spiro atoms. The Hall–Kier alpha value is -1.51.